The zero-order valence-corrected chi connectivity index (χ0v) is 16.7. The van der Waals surface area contributed by atoms with Crippen LogP contribution in [0.1, 0.15) is 16.7 Å². The lowest BCUT2D eigenvalue weighted by Gasteiger charge is -2.10. The van der Waals surface area contributed by atoms with Gasteiger partial charge in [0.15, 0.2) is 6.61 Å². The second-order valence-electron chi connectivity index (χ2n) is 6.67. The Morgan fingerprint density at radius 2 is 1.75 bits per heavy atom. The maximum absolute atomic E-state index is 12.0. The highest BCUT2D eigenvalue weighted by Gasteiger charge is 2.05. The van der Waals surface area contributed by atoms with E-state index in [1.165, 1.54) is 5.56 Å². The summed E-state index contributed by atoms with van der Waals surface area (Å²) < 4.78 is 5.56. The molecule has 3 aromatic rings. The largest absolute Gasteiger partial charge is 0.484 e. The fourth-order valence-electron chi connectivity index (χ4n) is 2.68. The maximum Gasteiger partial charge on any atom is 0.262 e. The lowest BCUT2D eigenvalue weighted by molar-refractivity contribution is -0.118. The van der Waals surface area contributed by atoms with E-state index in [0.29, 0.717) is 16.5 Å². The highest BCUT2D eigenvalue weighted by molar-refractivity contribution is 6.31. The predicted molar refractivity (Wildman–Crippen MR) is 115 cm³/mol. The maximum atomic E-state index is 12.0. The minimum atomic E-state index is -0.231. The first-order valence-corrected chi connectivity index (χ1v) is 9.46. The molecule has 0 aromatic heterocycles. The molecular weight excluding hydrogens is 372 g/mol. The van der Waals surface area contributed by atoms with E-state index in [1.54, 1.807) is 6.07 Å². The summed E-state index contributed by atoms with van der Waals surface area (Å²) in [5.74, 6) is 0.418. The van der Waals surface area contributed by atoms with Crippen molar-refractivity contribution in [3.05, 3.63) is 88.4 Å². The van der Waals surface area contributed by atoms with Gasteiger partial charge in [-0.2, -0.15) is 0 Å². The van der Waals surface area contributed by atoms with E-state index >= 15 is 0 Å². The van der Waals surface area contributed by atoms with E-state index in [2.05, 4.69) is 29.7 Å². The highest BCUT2D eigenvalue weighted by atomic mass is 35.5. The number of halogens is 1. The van der Waals surface area contributed by atoms with Crippen LogP contribution in [-0.2, 0) is 11.3 Å². The Morgan fingerprint density at radius 3 is 2.46 bits per heavy atom. The summed E-state index contributed by atoms with van der Waals surface area (Å²) in [4.78, 5) is 12.0. The van der Waals surface area contributed by atoms with Crippen LogP contribution in [0.3, 0.4) is 0 Å². The van der Waals surface area contributed by atoms with E-state index in [4.69, 9.17) is 16.3 Å². The van der Waals surface area contributed by atoms with Gasteiger partial charge in [-0.25, -0.2) is 0 Å². The Balaban J connectivity index is 1.47. The Bertz CT molecular complexity index is 955. The van der Waals surface area contributed by atoms with Crippen molar-refractivity contribution in [2.24, 2.45) is 0 Å². The van der Waals surface area contributed by atoms with E-state index < -0.39 is 0 Å². The van der Waals surface area contributed by atoms with Crippen LogP contribution in [0, 0.1) is 13.8 Å². The van der Waals surface area contributed by atoms with Gasteiger partial charge >= 0.3 is 0 Å². The van der Waals surface area contributed by atoms with Crippen LogP contribution in [0.15, 0.2) is 66.7 Å². The molecule has 3 rings (SSSR count). The molecule has 0 saturated heterocycles. The number of carbonyl (C=O) groups excluding carboxylic acids is 1. The smallest absolute Gasteiger partial charge is 0.262 e. The standard InChI is InChI=1S/C23H23ClN2O2/c1-16-4-3-5-19(12-16)25-14-18-7-10-21(11-8-18)28-15-23(27)26-20-9-6-17(2)22(24)13-20/h3-13,25H,14-15H2,1-2H3,(H,26,27). The quantitative estimate of drug-likeness (QED) is 0.549. The molecule has 1 amide bonds. The molecule has 0 aliphatic rings. The molecule has 0 fully saturated rings. The van der Waals surface area contributed by atoms with Crippen LogP contribution in [0.2, 0.25) is 5.02 Å². The number of aryl methyl sites for hydroxylation is 2. The Labute approximate surface area is 170 Å². The predicted octanol–water partition coefficient (Wildman–Crippen LogP) is 5.59. The fourth-order valence-corrected chi connectivity index (χ4v) is 2.86. The molecule has 0 atom stereocenters. The summed E-state index contributed by atoms with van der Waals surface area (Å²) in [5.41, 5.74) is 5.07. The minimum Gasteiger partial charge on any atom is -0.484 e. The number of ether oxygens (including phenoxy) is 1. The molecule has 4 nitrogen and oxygen atoms in total. The van der Waals surface area contributed by atoms with Crippen molar-refractivity contribution in [2.45, 2.75) is 20.4 Å². The van der Waals surface area contributed by atoms with Gasteiger partial charge in [0.2, 0.25) is 0 Å². The molecule has 28 heavy (non-hydrogen) atoms. The van der Waals surface area contributed by atoms with Crippen LogP contribution in [0.5, 0.6) is 5.75 Å². The Hall–Kier alpha value is -2.98. The van der Waals surface area contributed by atoms with Crippen LogP contribution in [0.25, 0.3) is 0 Å². The second kappa shape index (κ2) is 9.29. The van der Waals surface area contributed by atoms with Gasteiger partial charge in [0.25, 0.3) is 5.91 Å². The SMILES string of the molecule is Cc1cccc(NCc2ccc(OCC(=O)Nc3ccc(C)c(Cl)c3)cc2)c1. The number of hydrogen-bond acceptors (Lipinski definition) is 3. The van der Waals surface area contributed by atoms with Gasteiger partial charge in [0.05, 0.1) is 0 Å². The van der Waals surface area contributed by atoms with E-state index in [9.17, 15) is 4.79 Å². The molecule has 0 saturated carbocycles. The summed E-state index contributed by atoms with van der Waals surface area (Å²) in [7, 11) is 0. The van der Waals surface area contributed by atoms with Crippen molar-refractivity contribution in [2.75, 3.05) is 17.2 Å². The van der Waals surface area contributed by atoms with Crippen molar-refractivity contribution in [1.29, 1.82) is 0 Å². The molecule has 2 N–H and O–H groups in total. The zero-order chi connectivity index (χ0) is 19.9. The van der Waals surface area contributed by atoms with Crippen LogP contribution in [0.4, 0.5) is 11.4 Å². The van der Waals surface area contributed by atoms with E-state index in [-0.39, 0.29) is 12.5 Å². The van der Waals surface area contributed by atoms with Crippen molar-refractivity contribution >= 4 is 28.9 Å². The molecule has 3 aromatic carbocycles. The lowest BCUT2D eigenvalue weighted by atomic mass is 10.2. The number of anilines is 2. The summed E-state index contributed by atoms with van der Waals surface area (Å²) in [6.45, 7) is 4.64. The molecule has 0 aliphatic heterocycles. The van der Waals surface area contributed by atoms with Crippen molar-refractivity contribution < 1.29 is 9.53 Å². The van der Waals surface area contributed by atoms with Gasteiger partial charge in [-0.05, 0) is 66.9 Å². The van der Waals surface area contributed by atoms with E-state index in [0.717, 1.165) is 23.4 Å². The number of nitrogens with one attached hydrogen (secondary N) is 2. The molecular formula is C23H23ClN2O2. The lowest BCUT2D eigenvalue weighted by Crippen LogP contribution is -2.20. The molecule has 5 heteroatoms. The van der Waals surface area contributed by atoms with Crippen molar-refractivity contribution in [1.82, 2.24) is 0 Å². The van der Waals surface area contributed by atoms with Gasteiger partial charge in [-0.3, -0.25) is 4.79 Å². The summed E-state index contributed by atoms with van der Waals surface area (Å²) in [6.07, 6.45) is 0. The van der Waals surface area contributed by atoms with Crippen molar-refractivity contribution in [3.63, 3.8) is 0 Å². The number of benzene rings is 3. The topological polar surface area (TPSA) is 50.4 Å². The van der Waals surface area contributed by atoms with Crippen LogP contribution >= 0.6 is 11.6 Å². The number of hydrogen-bond donors (Lipinski definition) is 2. The second-order valence-corrected chi connectivity index (χ2v) is 7.07. The average Bonchev–Trinajstić information content (AvgIpc) is 2.68. The van der Waals surface area contributed by atoms with Crippen LogP contribution < -0.4 is 15.4 Å². The molecule has 144 valence electrons. The molecule has 0 unspecified atom stereocenters. The third-order valence-corrected chi connectivity index (χ3v) is 4.67. The van der Waals surface area contributed by atoms with Gasteiger partial charge in [-0.1, -0.05) is 41.9 Å². The highest BCUT2D eigenvalue weighted by Crippen LogP contribution is 2.20. The van der Waals surface area contributed by atoms with Crippen LogP contribution in [-0.4, -0.2) is 12.5 Å². The third-order valence-electron chi connectivity index (χ3n) is 4.26. The average molecular weight is 395 g/mol. The van der Waals surface area contributed by atoms with E-state index in [1.807, 2.05) is 55.5 Å². The first kappa shape index (κ1) is 19.8. The molecule has 0 aliphatic carbocycles. The number of carbonyl (C=O) groups is 1. The summed E-state index contributed by atoms with van der Waals surface area (Å²) in [6, 6.07) is 21.4. The first-order valence-electron chi connectivity index (χ1n) is 9.08. The normalized spacial score (nSPS) is 10.4. The fraction of sp³-hybridized carbons (Fsp3) is 0.174. The van der Waals surface area contributed by atoms with Crippen molar-refractivity contribution in [3.8, 4) is 5.75 Å². The van der Waals surface area contributed by atoms with Gasteiger partial charge in [-0.15, -0.1) is 0 Å². The minimum absolute atomic E-state index is 0.0631. The Morgan fingerprint density at radius 1 is 0.964 bits per heavy atom. The monoisotopic (exact) mass is 394 g/mol. The zero-order valence-electron chi connectivity index (χ0n) is 16.0. The summed E-state index contributed by atoms with van der Waals surface area (Å²) in [5, 5.41) is 6.79. The van der Waals surface area contributed by atoms with Gasteiger partial charge in [0.1, 0.15) is 5.75 Å². The Kier molecular flexibility index (Phi) is 6.56. The molecule has 0 spiro atoms. The molecule has 0 radical (unpaired) electrons. The number of rotatable bonds is 7. The number of amides is 1. The molecule has 0 heterocycles. The molecule has 0 bridgehead atoms. The summed E-state index contributed by atoms with van der Waals surface area (Å²) >= 11 is 6.07. The third kappa shape index (κ3) is 5.76. The first-order chi connectivity index (χ1) is 13.5. The van der Waals surface area contributed by atoms with Gasteiger partial charge < -0.3 is 15.4 Å². The van der Waals surface area contributed by atoms with Gasteiger partial charge in [0, 0.05) is 22.9 Å².